The van der Waals surface area contributed by atoms with Crippen LogP contribution in [0.3, 0.4) is 0 Å². The lowest BCUT2D eigenvalue weighted by Gasteiger charge is -2.24. The van der Waals surface area contributed by atoms with Crippen LogP contribution in [0, 0.1) is 11.3 Å². The molecule has 0 heterocycles. The monoisotopic (exact) mass is 241 g/mol. The molecule has 0 radical (unpaired) electrons. The van der Waals surface area contributed by atoms with Crippen LogP contribution >= 0.6 is 0 Å². The molecule has 0 aliphatic heterocycles. The van der Waals surface area contributed by atoms with Gasteiger partial charge < -0.3 is 11.5 Å². The first-order valence-electron chi connectivity index (χ1n) is 6.93. The van der Waals surface area contributed by atoms with Gasteiger partial charge in [0.25, 0.3) is 0 Å². The molecule has 0 aliphatic carbocycles. The molecular formula is C14H31N3. The van der Waals surface area contributed by atoms with Gasteiger partial charge in [-0.3, -0.25) is 4.99 Å². The molecule has 0 bridgehead atoms. The summed E-state index contributed by atoms with van der Waals surface area (Å²) < 4.78 is 0. The molecule has 17 heavy (non-hydrogen) atoms. The van der Waals surface area contributed by atoms with E-state index in [0.717, 1.165) is 12.5 Å². The first-order valence-corrected chi connectivity index (χ1v) is 6.93. The summed E-state index contributed by atoms with van der Waals surface area (Å²) in [5.41, 5.74) is 10.9. The number of aliphatic imine (C=N–C) groups is 1. The SMILES string of the molecule is CCCCCC(C)CCC(C)(C)CN=C(N)N. The third kappa shape index (κ3) is 10.2. The molecule has 0 amide bonds. The largest absolute Gasteiger partial charge is 0.370 e. The Morgan fingerprint density at radius 3 is 2.35 bits per heavy atom. The molecule has 0 rings (SSSR count). The molecule has 0 saturated carbocycles. The van der Waals surface area contributed by atoms with E-state index in [1.54, 1.807) is 0 Å². The Bertz CT molecular complexity index is 218. The molecule has 102 valence electrons. The van der Waals surface area contributed by atoms with Crippen molar-refractivity contribution >= 4 is 5.96 Å². The van der Waals surface area contributed by atoms with Crippen LogP contribution in [0.2, 0.25) is 0 Å². The molecular weight excluding hydrogens is 210 g/mol. The molecule has 4 N–H and O–H groups in total. The first-order chi connectivity index (χ1) is 7.87. The molecule has 0 saturated heterocycles. The van der Waals surface area contributed by atoms with Crippen molar-refractivity contribution < 1.29 is 0 Å². The fourth-order valence-corrected chi connectivity index (χ4v) is 1.91. The summed E-state index contributed by atoms with van der Waals surface area (Å²) in [5, 5.41) is 0. The van der Waals surface area contributed by atoms with E-state index in [1.807, 2.05) is 0 Å². The van der Waals surface area contributed by atoms with Crippen LogP contribution in [0.4, 0.5) is 0 Å². The van der Waals surface area contributed by atoms with Gasteiger partial charge in [0.2, 0.25) is 0 Å². The fraction of sp³-hybridized carbons (Fsp3) is 0.929. The summed E-state index contributed by atoms with van der Waals surface area (Å²) in [6.45, 7) is 9.81. The summed E-state index contributed by atoms with van der Waals surface area (Å²) >= 11 is 0. The van der Waals surface area contributed by atoms with Gasteiger partial charge in [0.15, 0.2) is 5.96 Å². The van der Waals surface area contributed by atoms with Crippen molar-refractivity contribution in [3.8, 4) is 0 Å². The Morgan fingerprint density at radius 2 is 1.82 bits per heavy atom. The molecule has 0 aliphatic rings. The zero-order valence-electron chi connectivity index (χ0n) is 12.1. The number of hydrogen-bond acceptors (Lipinski definition) is 1. The highest BCUT2D eigenvalue weighted by Gasteiger charge is 2.18. The number of nitrogens with zero attached hydrogens (tertiary/aromatic N) is 1. The van der Waals surface area contributed by atoms with E-state index in [1.165, 1.54) is 38.5 Å². The molecule has 0 spiro atoms. The maximum atomic E-state index is 5.36. The van der Waals surface area contributed by atoms with E-state index in [0.29, 0.717) is 0 Å². The molecule has 0 aromatic heterocycles. The highest BCUT2D eigenvalue weighted by Crippen LogP contribution is 2.27. The smallest absolute Gasteiger partial charge is 0.185 e. The van der Waals surface area contributed by atoms with Gasteiger partial charge in [0.05, 0.1) is 0 Å². The lowest BCUT2D eigenvalue weighted by Crippen LogP contribution is -2.26. The van der Waals surface area contributed by atoms with Gasteiger partial charge >= 0.3 is 0 Å². The maximum absolute atomic E-state index is 5.36. The topological polar surface area (TPSA) is 64.4 Å². The lowest BCUT2D eigenvalue weighted by atomic mass is 9.84. The number of guanidine groups is 1. The molecule has 3 heteroatoms. The summed E-state index contributed by atoms with van der Waals surface area (Å²) in [7, 11) is 0. The third-order valence-corrected chi connectivity index (χ3v) is 3.30. The molecule has 1 atom stereocenters. The lowest BCUT2D eigenvalue weighted by molar-refractivity contribution is 0.301. The predicted octanol–water partition coefficient (Wildman–Crippen LogP) is 3.28. The number of rotatable bonds is 9. The Hall–Kier alpha value is -0.730. The Labute approximate surface area is 107 Å². The van der Waals surface area contributed by atoms with Gasteiger partial charge in [-0.15, -0.1) is 0 Å². The number of nitrogens with two attached hydrogens (primary N) is 2. The fourth-order valence-electron chi connectivity index (χ4n) is 1.91. The van der Waals surface area contributed by atoms with Crippen LogP contribution < -0.4 is 11.5 Å². The summed E-state index contributed by atoms with van der Waals surface area (Å²) in [6, 6.07) is 0. The van der Waals surface area contributed by atoms with Crippen molar-refractivity contribution in [2.24, 2.45) is 27.8 Å². The van der Waals surface area contributed by atoms with Crippen molar-refractivity contribution in [2.45, 2.75) is 66.2 Å². The highest BCUT2D eigenvalue weighted by molar-refractivity contribution is 5.75. The van der Waals surface area contributed by atoms with Crippen LogP contribution in [0.15, 0.2) is 4.99 Å². The molecule has 1 unspecified atom stereocenters. The Kier molecular flexibility index (Phi) is 8.01. The average Bonchev–Trinajstić information content (AvgIpc) is 2.25. The summed E-state index contributed by atoms with van der Waals surface area (Å²) in [5.74, 6) is 1.02. The first kappa shape index (κ1) is 16.3. The van der Waals surface area contributed by atoms with Crippen LogP contribution in [-0.4, -0.2) is 12.5 Å². The normalized spacial score (nSPS) is 13.4. The second-order valence-corrected chi connectivity index (χ2v) is 6.04. The van der Waals surface area contributed by atoms with E-state index in [2.05, 4.69) is 32.7 Å². The molecule has 0 aromatic rings. The standard InChI is InChI=1S/C14H31N3/c1-5-6-7-8-12(2)9-10-14(3,4)11-17-13(15)16/h12H,5-11H2,1-4H3,(H4,15,16,17). The maximum Gasteiger partial charge on any atom is 0.185 e. The second kappa shape index (κ2) is 8.37. The second-order valence-electron chi connectivity index (χ2n) is 6.04. The van der Waals surface area contributed by atoms with Crippen LogP contribution in [0.1, 0.15) is 66.2 Å². The van der Waals surface area contributed by atoms with Crippen molar-refractivity contribution in [3.05, 3.63) is 0 Å². The van der Waals surface area contributed by atoms with E-state index in [4.69, 9.17) is 11.5 Å². The minimum absolute atomic E-state index is 0.203. The molecule has 0 aromatic carbocycles. The zero-order chi connectivity index (χ0) is 13.3. The van der Waals surface area contributed by atoms with Gasteiger partial charge in [0, 0.05) is 6.54 Å². The van der Waals surface area contributed by atoms with E-state index in [-0.39, 0.29) is 11.4 Å². The van der Waals surface area contributed by atoms with E-state index >= 15 is 0 Å². The molecule has 3 nitrogen and oxygen atoms in total. The number of unbranched alkanes of at least 4 members (excludes halogenated alkanes) is 2. The van der Waals surface area contributed by atoms with Crippen LogP contribution in [0.5, 0.6) is 0 Å². The predicted molar refractivity (Wildman–Crippen MR) is 77.0 cm³/mol. The van der Waals surface area contributed by atoms with Gasteiger partial charge in [-0.1, -0.05) is 59.8 Å². The summed E-state index contributed by atoms with van der Waals surface area (Å²) in [4.78, 5) is 4.12. The van der Waals surface area contributed by atoms with Gasteiger partial charge in [0.1, 0.15) is 0 Å². The van der Waals surface area contributed by atoms with Gasteiger partial charge in [-0.2, -0.15) is 0 Å². The zero-order valence-corrected chi connectivity index (χ0v) is 12.1. The van der Waals surface area contributed by atoms with E-state index in [9.17, 15) is 0 Å². The van der Waals surface area contributed by atoms with Crippen molar-refractivity contribution in [1.29, 1.82) is 0 Å². The highest BCUT2D eigenvalue weighted by atomic mass is 15.0. The van der Waals surface area contributed by atoms with Gasteiger partial charge in [-0.25, -0.2) is 0 Å². The summed E-state index contributed by atoms with van der Waals surface area (Å²) in [6.07, 6.45) is 7.86. The quantitative estimate of drug-likeness (QED) is 0.369. The van der Waals surface area contributed by atoms with Crippen molar-refractivity contribution in [2.75, 3.05) is 6.54 Å². The van der Waals surface area contributed by atoms with Crippen LogP contribution in [0.25, 0.3) is 0 Å². The minimum atomic E-state index is 0.203. The Balaban J connectivity index is 3.80. The molecule has 0 fully saturated rings. The Morgan fingerprint density at radius 1 is 1.18 bits per heavy atom. The minimum Gasteiger partial charge on any atom is -0.370 e. The van der Waals surface area contributed by atoms with Crippen molar-refractivity contribution in [1.82, 2.24) is 0 Å². The van der Waals surface area contributed by atoms with Gasteiger partial charge in [-0.05, 0) is 17.8 Å². The third-order valence-electron chi connectivity index (χ3n) is 3.30. The number of hydrogen-bond donors (Lipinski definition) is 2. The van der Waals surface area contributed by atoms with E-state index < -0.39 is 0 Å². The van der Waals surface area contributed by atoms with Crippen molar-refractivity contribution in [3.63, 3.8) is 0 Å². The van der Waals surface area contributed by atoms with Crippen LogP contribution in [-0.2, 0) is 0 Å². The average molecular weight is 241 g/mol.